The SMILES string of the molecule is Cc1ccccc1OCc1nc2ccccc2n1C[C@@H](O)COc1c(C)cccc1C. The van der Waals surface area contributed by atoms with Crippen molar-refractivity contribution in [3.05, 3.63) is 89.2 Å². The number of aliphatic hydroxyl groups is 1. The van der Waals surface area contributed by atoms with Crippen molar-refractivity contribution in [1.82, 2.24) is 9.55 Å². The molecule has 1 N–H and O–H groups in total. The van der Waals surface area contributed by atoms with Gasteiger partial charge in [0.25, 0.3) is 0 Å². The van der Waals surface area contributed by atoms with E-state index in [0.717, 1.165) is 45.0 Å². The number of para-hydroxylation sites is 4. The Balaban J connectivity index is 1.52. The summed E-state index contributed by atoms with van der Waals surface area (Å²) in [4.78, 5) is 4.74. The number of nitrogens with zero attached hydrogens (tertiary/aromatic N) is 2. The summed E-state index contributed by atoms with van der Waals surface area (Å²) in [5.41, 5.74) is 5.05. The molecule has 5 heteroatoms. The zero-order chi connectivity index (χ0) is 21.8. The van der Waals surface area contributed by atoms with Gasteiger partial charge in [-0.2, -0.15) is 0 Å². The van der Waals surface area contributed by atoms with E-state index in [0.29, 0.717) is 13.2 Å². The van der Waals surface area contributed by atoms with Crippen LogP contribution in [0.1, 0.15) is 22.5 Å². The highest BCUT2D eigenvalue weighted by Crippen LogP contribution is 2.24. The topological polar surface area (TPSA) is 56.5 Å². The number of rotatable bonds is 8. The first-order valence-corrected chi connectivity index (χ1v) is 10.5. The molecule has 1 aromatic heterocycles. The van der Waals surface area contributed by atoms with E-state index in [1.807, 2.05) is 92.1 Å². The van der Waals surface area contributed by atoms with Crippen molar-refractivity contribution in [2.24, 2.45) is 0 Å². The van der Waals surface area contributed by atoms with Crippen LogP contribution in [0.3, 0.4) is 0 Å². The van der Waals surface area contributed by atoms with Crippen molar-refractivity contribution in [3.8, 4) is 11.5 Å². The smallest absolute Gasteiger partial charge is 0.148 e. The minimum absolute atomic E-state index is 0.205. The van der Waals surface area contributed by atoms with E-state index in [1.165, 1.54) is 0 Å². The van der Waals surface area contributed by atoms with Crippen LogP contribution in [0.15, 0.2) is 66.7 Å². The third-order valence-electron chi connectivity index (χ3n) is 5.41. The highest BCUT2D eigenvalue weighted by atomic mass is 16.5. The van der Waals surface area contributed by atoms with Gasteiger partial charge in [0.1, 0.15) is 36.6 Å². The Bertz CT molecular complexity index is 1160. The number of ether oxygens (including phenoxy) is 2. The van der Waals surface area contributed by atoms with E-state index in [2.05, 4.69) is 0 Å². The van der Waals surface area contributed by atoms with Crippen LogP contribution in [0, 0.1) is 20.8 Å². The fraction of sp³-hybridized carbons (Fsp3) is 0.269. The normalized spacial score (nSPS) is 12.1. The molecule has 0 aliphatic rings. The van der Waals surface area contributed by atoms with Crippen molar-refractivity contribution < 1.29 is 14.6 Å². The monoisotopic (exact) mass is 416 g/mol. The zero-order valence-corrected chi connectivity index (χ0v) is 18.2. The Morgan fingerprint density at radius 1 is 0.839 bits per heavy atom. The minimum Gasteiger partial charge on any atom is -0.490 e. The molecule has 0 amide bonds. The summed E-state index contributed by atoms with van der Waals surface area (Å²) in [6, 6.07) is 21.9. The summed E-state index contributed by atoms with van der Waals surface area (Å²) in [6.07, 6.45) is -0.686. The summed E-state index contributed by atoms with van der Waals surface area (Å²) < 4.78 is 14.0. The lowest BCUT2D eigenvalue weighted by atomic mass is 10.1. The number of fused-ring (bicyclic) bond motifs is 1. The van der Waals surface area contributed by atoms with E-state index < -0.39 is 6.10 Å². The van der Waals surface area contributed by atoms with Crippen molar-refractivity contribution in [1.29, 1.82) is 0 Å². The molecule has 0 saturated heterocycles. The molecule has 4 rings (SSSR count). The van der Waals surface area contributed by atoms with E-state index in [9.17, 15) is 5.11 Å². The minimum atomic E-state index is -0.686. The van der Waals surface area contributed by atoms with E-state index in [-0.39, 0.29) is 6.61 Å². The molecule has 1 atom stereocenters. The van der Waals surface area contributed by atoms with Crippen molar-refractivity contribution in [3.63, 3.8) is 0 Å². The van der Waals surface area contributed by atoms with Crippen LogP contribution in [-0.2, 0) is 13.2 Å². The van der Waals surface area contributed by atoms with Gasteiger partial charge in [0, 0.05) is 0 Å². The van der Waals surface area contributed by atoms with Gasteiger partial charge in [-0.05, 0) is 55.7 Å². The van der Waals surface area contributed by atoms with Gasteiger partial charge in [-0.25, -0.2) is 4.98 Å². The van der Waals surface area contributed by atoms with Crippen molar-refractivity contribution in [2.75, 3.05) is 6.61 Å². The summed E-state index contributed by atoms with van der Waals surface area (Å²) in [5.74, 6) is 2.44. The lowest BCUT2D eigenvalue weighted by Gasteiger charge is -2.18. The Labute approximate surface area is 182 Å². The van der Waals surface area contributed by atoms with Crippen molar-refractivity contribution in [2.45, 2.75) is 40.0 Å². The molecule has 5 nitrogen and oxygen atoms in total. The van der Waals surface area contributed by atoms with Gasteiger partial charge in [0.2, 0.25) is 0 Å². The van der Waals surface area contributed by atoms with Crippen LogP contribution in [0.25, 0.3) is 11.0 Å². The number of aromatic nitrogens is 2. The number of hydrogen-bond acceptors (Lipinski definition) is 4. The van der Waals surface area contributed by atoms with Crippen molar-refractivity contribution >= 4 is 11.0 Å². The molecule has 0 unspecified atom stereocenters. The number of hydrogen-bond donors (Lipinski definition) is 1. The van der Waals surface area contributed by atoms with Crippen LogP contribution in [0.4, 0.5) is 0 Å². The number of aliphatic hydroxyl groups excluding tert-OH is 1. The first-order valence-electron chi connectivity index (χ1n) is 10.5. The number of aryl methyl sites for hydroxylation is 3. The summed E-state index contributed by atoms with van der Waals surface area (Å²) in [6.45, 7) is 6.95. The first-order chi connectivity index (χ1) is 15.0. The molecule has 1 heterocycles. The predicted octanol–water partition coefficient (Wildman–Crippen LogP) is 4.98. The van der Waals surface area contributed by atoms with E-state index in [4.69, 9.17) is 14.5 Å². The highest BCUT2D eigenvalue weighted by Gasteiger charge is 2.16. The zero-order valence-electron chi connectivity index (χ0n) is 18.2. The largest absolute Gasteiger partial charge is 0.490 e. The fourth-order valence-electron chi connectivity index (χ4n) is 3.77. The third kappa shape index (κ3) is 4.72. The lowest BCUT2D eigenvalue weighted by molar-refractivity contribution is 0.0911. The Morgan fingerprint density at radius 2 is 1.52 bits per heavy atom. The predicted molar refractivity (Wildman–Crippen MR) is 123 cm³/mol. The second-order valence-electron chi connectivity index (χ2n) is 7.87. The van der Waals surface area contributed by atoms with Crippen LogP contribution in [-0.4, -0.2) is 27.4 Å². The van der Waals surface area contributed by atoms with Gasteiger partial charge >= 0.3 is 0 Å². The maximum Gasteiger partial charge on any atom is 0.148 e. The van der Waals surface area contributed by atoms with Crippen LogP contribution in [0.5, 0.6) is 11.5 Å². The molecule has 4 aromatic rings. The van der Waals surface area contributed by atoms with Gasteiger partial charge in [0.05, 0.1) is 17.6 Å². The van der Waals surface area contributed by atoms with Gasteiger partial charge in [-0.3, -0.25) is 0 Å². The standard InChI is InChI=1S/C26H28N2O3/c1-18-9-4-7-14-24(18)30-17-25-27-22-12-5-6-13-23(22)28(25)15-21(29)16-31-26-19(2)10-8-11-20(26)3/h4-14,21,29H,15-17H2,1-3H3/t21-/m1/s1. The lowest BCUT2D eigenvalue weighted by Crippen LogP contribution is -2.25. The summed E-state index contributed by atoms with van der Waals surface area (Å²) >= 11 is 0. The molecule has 0 aliphatic carbocycles. The molecule has 31 heavy (non-hydrogen) atoms. The van der Waals surface area contributed by atoms with Gasteiger partial charge < -0.3 is 19.1 Å². The second kappa shape index (κ2) is 9.23. The maximum absolute atomic E-state index is 10.8. The first kappa shape index (κ1) is 20.9. The molecule has 0 fully saturated rings. The van der Waals surface area contributed by atoms with E-state index in [1.54, 1.807) is 0 Å². The van der Waals surface area contributed by atoms with Crippen LogP contribution < -0.4 is 9.47 Å². The van der Waals surface area contributed by atoms with Crippen LogP contribution in [0.2, 0.25) is 0 Å². The molecule has 3 aromatic carbocycles. The molecule has 160 valence electrons. The quantitative estimate of drug-likeness (QED) is 0.440. The fourth-order valence-corrected chi connectivity index (χ4v) is 3.77. The molecule has 0 aliphatic heterocycles. The average molecular weight is 417 g/mol. The molecule has 0 bridgehead atoms. The van der Waals surface area contributed by atoms with Crippen LogP contribution >= 0.6 is 0 Å². The highest BCUT2D eigenvalue weighted by molar-refractivity contribution is 5.75. The molecule has 0 saturated carbocycles. The van der Waals surface area contributed by atoms with Gasteiger partial charge in [-0.15, -0.1) is 0 Å². The van der Waals surface area contributed by atoms with Gasteiger partial charge in [0.15, 0.2) is 0 Å². The Hall–Kier alpha value is -3.31. The Morgan fingerprint density at radius 3 is 2.29 bits per heavy atom. The molecule has 0 radical (unpaired) electrons. The number of imidazole rings is 1. The van der Waals surface area contributed by atoms with Gasteiger partial charge in [-0.1, -0.05) is 48.5 Å². The maximum atomic E-state index is 10.8. The molecular weight excluding hydrogens is 388 g/mol. The third-order valence-corrected chi connectivity index (χ3v) is 5.41. The summed E-state index contributed by atoms with van der Waals surface area (Å²) in [7, 11) is 0. The molecule has 0 spiro atoms. The average Bonchev–Trinajstić information content (AvgIpc) is 3.10. The molecular formula is C26H28N2O3. The summed E-state index contributed by atoms with van der Waals surface area (Å²) in [5, 5.41) is 10.8. The number of benzene rings is 3. The van der Waals surface area contributed by atoms with E-state index >= 15 is 0 Å². The second-order valence-corrected chi connectivity index (χ2v) is 7.87. The Kier molecular flexibility index (Phi) is 6.23.